The summed E-state index contributed by atoms with van der Waals surface area (Å²) in [5.74, 6) is -0.286. The van der Waals surface area contributed by atoms with Crippen molar-refractivity contribution in [1.82, 2.24) is 10.2 Å². The standard InChI is InChI=1S/C18H22FN3OS2/c1-13(20-18(24)21-15-5-2-4-14(19)12-15)17(16-6-3-11-25-16)22-7-9-23-10-8-22/h2-6,11-13,17H,7-10H2,1H3,(H2,20,21,24)/t13-,17+/m1/s1. The Bertz CT molecular complexity index is 689. The number of hydrogen-bond donors (Lipinski definition) is 2. The molecule has 0 radical (unpaired) electrons. The van der Waals surface area contributed by atoms with Crippen molar-refractivity contribution >= 4 is 34.4 Å². The van der Waals surface area contributed by atoms with E-state index in [0.29, 0.717) is 10.8 Å². The normalized spacial score (nSPS) is 17.7. The zero-order valence-corrected chi connectivity index (χ0v) is 15.7. The summed E-state index contributed by atoms with van der Waals surface area (Å²) in [5.41, 5.74) is 0.642. The van der Waals surface area contributed by atoms with Gasteiger partial charge in [-0.3, -0.25) is 4.90 Å². The van der Waals surface area contributed by atoms with Crippen LogP contribution >= 0.6 is 23.6 Å². The Balaban J connectivity index is 1.67. The highest BCUT2D eigenvalue weighted by molar-refractivity contribution is 7.80. The Morgan fingerprint density at radius 1 is 1.28 bits per heavy atom. The molecule has 1 aliphatic rings. The third-order valence-corrected chi connectivity index (χ3v) is 5.35. The lowest BCUT2D eigenvalue weighted by Crippen LogP contribution is -2.49. The Kier molecular flexibility index (Phi) is 6.36. The molecule has 2 aromatic rings. The van der Waals surface area contributed by atoms with E-state index in [1.165, 1.54) is 17.0 Å². The van der Waals surface area contributed by atoms with E-state index in [9.17, 15) is 4.39 Å². The molecular weight excluding hydrogens is 357 g/mol. The molecule has 0 unspecified atom stereocenters. The summed E-state index contributed by atoms with van der Waals surface area (Å²) >= 11 is 7.17. The van der Waals surface area contributed by atoms with Gasteiger partial charge in [-0.15, -0.1) is 11.3 Å². The Labute approximate surface area is 157 Å². The molecule has 1 fully saturated rings. The lowest BCUT2D eigenvalue weighted by molar-refractivity contribution is 0.0110. The van der Waals surface area contributed by atoms with E-state index >= 15 is 0 Å². The molecule has 134 valence electrons. The van der Waals surface area contributed by atoms with Crippen LogP contribution in [-0.4, -0.2) is 42.4 Å². The van der Waals surface area contributed by atoms with Gasteiger partial charge in [-0.1, -0.05) is 12.1 Å². The number of thiophene rings is 1. The number of nitrogens with zero attached hydrogens (tertiary/aromatic N) is 1. The average Bonchev–Trinajstić information content (AvgIpc) is 3.10. The largest absolute Gasteiger partial charge is 0.379 e. The zero-order valence-electron chi connectivity index (χ0n) is 14.1. The zero-order chi connectivity index (χ0) is 17.6. The van der Waals surface area contributed by atoms with Crippen LogP contribution in [-0.2, 0) is 4.74 Å². The van der Waals surface area contributed by atoms with Crippen LogP contribution in [0.3, 0.4) is 0 Å². The molecule has 1 saturated heterocycles. The van der Waals surface area contributed by atoms with Crippen LogP contribution in [0, 0.1) is 5.82 Å². The second-order valence-corrected chi connectivity index (χ2v) is 7.39. The van der Waals surface area contributed by atoms with Crippen molar-refractivity contribution in [3.63, 3.8) is 0 Å². The Hall–Kier alpha value is -1.54. The summed E-state index contributed by atoms with van der Waals surface area (Å²) in [7, 11) is 0. The van der Waals surface area contributed by atoms with Crippen LogP contribution in [0.2, 0.25) is 0 Å². The van der Waals surface area contributed by atoms with Crippen LogP contribution in [0.25, 0.3) is 0 Å². The fourth-order valence-corrected chi connectivity index (χ4v) is 4.34. The summed E-state index contributed by atoms with van der Waals surface area (Å²) in [6, 6.07) is 10.8. The van der Waals surface area contributed by atoms with Gasteiger partial charge >= 0.3 is 0 Å². The number of nitrogens with one attached hydrogen (secondary N) is 2. The highest BCUT2D eigenvalue weighted by Gasteiger charge is 2.28. The molecule has 0 aliphatic carbocycles. The molecule has 2 heterocycles. The van der Waals surface area contributed by atoms with Crippen molar-refractivity contribution in [2.45, 2.75) is 19.0 Å². The van der Waals surface area contributed by atoms with Crippen LogP contribution in [0.5, 0.6) is 0 Å². The summed E-state index contributed by atoms with van der Waals surface area (Å²) in [6.07, 6.45) is 0. The van der Waals surface area contributed by atoms with Gasteiger partial charge in [0.05, 0.1) is 19.3 Å². The third-order valence-electron chi connectivity index (χ3n) is 4.19. The second kappa shape index (κ2) is 8.71. The van der Waals surface area contributed by atoms with Gasteiger partial charge in [0.2, 0.25) is 0 Å². The van der Waals surface area contributed by atoms with Crippen molar-refractivity contribution < 1.29 is 9.13 Å². The van der Waals surface area contributed by atoms with Gasteiger partial charge in [0.15, 0.2) is 5.11 Å². The fraction of sp³-hybridized carbons (Fsp3) is 0.389. The monoisotopic (exact) mass is 379 g/mol. The Morgan fingerprint density at radius 3 is 2.76 bits per heavy atom. The summed E-state index contributed by atoms with van der Waals surface area (Å²) in [4.78, 5) is 3.73. The molecule has 0 saturated carbocycles. The van der Waals surface area contributed by atoms with E-state index in [1.54, 1.807) is 23.5 Å². The second-order valence-electron chi connectivity index (χ2n) is 6.01. The van der Waals surface area contributed by atoms with Crippen molar-refractivity contribution in [3.05, 3.63) is 52.5 Å². The number of ether oxygens (including phenoxy) is 1. The average molecular weight is 380 g/mol. The molecule has 2 N–H and O–H groups in total. The van der Waals surface area contributed by atoms with Crippen molar-refractivity contribution in [2.75, 3.05) is 31.6 Å². The smallest absolute Gasteiger partial charge is 0.171 e. The number of halogens is 1. The minimum absolute atomic E-state index is 0.102. The predicted octanol–water partition coefficient (Wildman–Crippen LogP) is 3.64. The van der Waals surface area contributed by atoms with Crippen molar-refractivity contribution in [1.29, 1.82) is 0 Å². The maximum absolute atomic E-state index is 13.3. The minimum Gasteiger partial charge on any atom is -0.379 e. The van der Waals surface area contributed by atoms with Gasteiger partial charge in [0, 0.05) is 29.7 Å². The quantitative estimate of drug-likeness (QED) is 0.776. The lowest BCUT2D eigenvalue weighted by atomic mass is 10.1. The van der Waals surface area contributed by atoms with Gasteiger partial charge < -0.3 is 15.4 Å². The number of hydrogen-bond acceptors (Lipinski definition) is 4. The number of benzene rings is 1. The molecule has 0 amide bonds. The number of anilines is 1. The molecule has 0 spiro atoms. The fourth-order valence-electron chi connectivity index (χ4n) is 3.08. The number of morpholine rings is 1. The highest BCUT2D eigenvalue weighted by atomic mass is 32.1. The first kappa shape index (κ1) is 18.3. The van der Waals surface area contributed by atoms with E-state index in [4.69, 9.17) is 17.0 Å². The van der Waals surface area contributed by atoms with Crippen LogP contribution in [0.4, 0.5) is 10.1 Å². The number of rotatable bonds is 5. The molecule has 7 heteroatoms. The van der Waals surface area contributed by atoms with E-state index in [2.05, 4.69) is 40.0 Å². The van der Waals surface area contributed by atoms with Crippen LogP contribution < -0.4 is 10.6 Å². The predicted molar refractivity (Wildman–Crippen MR) is 105 cm³/mol. The van der Waals surface area contributed by atoms with Crippen molar-refractivity contribution in [3.8, 4) is 0 Å². The first-order valence-corrected chi connectivity index (χ1v) is 9.60. The topological polar surface area (TPSA) is 36.5 Å². The van der Waals surface area contributed by atoms with Gasteiger partial charge in [-0.25, -0.2) is 4.39 Å². The van der Waals surface area contributed by atoms with Crippen LogP contribution in [0.1, 0.15) is 17.8 Å². The van der Waals surface area contributed by atoms with Gasteiger partial charge in [0.25, 0.3) is 0 Å². The van der Waals surface area contributed by atoms with E-state index < -0.39 is 0 Å². The van der Waals surface area contributed by atoms with E-state index in [-0.39, 0.29) is 17.9 Å². The van der Waals surface area contributed by atoms with Crippen molar-refractivity contribution in [2.24, 2.45) is 0 Å². The first-order chi connectivity index (χ1) is 12.1. The minimum atomic E-state index is -0.286. The summed E-state index contributed by atoms with van der Waals surface area (Å²) < 4.78 is 18.8. The maximum atomic E-state index is 13.3. The molecule has 2 atom stereocenters. The lowest BCUT2D eigenvalue weighted by Gasteiger charge is -2.38. The van der Waals surface area contributed by atoms with E-state index in [1.807, 2.05) is 0 Å². The van der Waals surface area contributed by atoms with Gasteiger partial charge in [0.1, 0.15) is 5.82 Å². The first-order valence-electron chi connectivity index (χ1n) is 8.32. The third kappa shape index (κ3) is 4.98. The molecule has 1 aromatic heterocycles. The number of thiocarbonyl (C=S) groups is 1. The van der Waals surface area contributed by atoms with Gasteiger partial charge in [-0.05, 0) is 48.8 Å². The molecule has 3 rings (SSSR count). The van der Waals surface area contributed by atoms with E-state index in [0.717, 1.165) is 26.3 Å². The molecular formula is C18H22FN3OS2. The highest BCUT2D eigenvalue weighted by Crippen LogP contribution is 2.29. The summed E-state index contributed by atoms with van der Waals surface area (Å²) in [5, 5.41) is 9.00. The molecule has 4 nitrogen and oxygen atoms in total. The SMILES string of the molecule is C[C@@H](NC(=S)Nc1cccc(F)c1)[C@@H](c1cccs1)N1CCOCC1. The molecule has 1 aromatic carbocycles. The molecule has 1 aliphatic heterocycles. The van der Waals surface area contributed by atoms with Gasteiger partial charge in [-0.2, -0.15) is 0 Å². The maximum Gasteiger partial charge on any atom is 0.171 e. The Morgan fingerprint density at radius 2 is 2.08 bits per heavy atom. The molecule has 25 heavy (non-hydrogen) atoms. The van der Waals surface area contributed by atoms with Crippen LogP contribution in [0.15, 0.2) is 41.8 Å². The molecule has 0 bridgehead atoms. The summed E-state index contributed by atoms with van der Waals surface area (Å²) in [6.45, 7) is 5.43.